The Hall–Kier alpha value is -1.62. The Morgan fingerprint density at radius 1 is 1.23 bits per heavy atom. The van der Waals surface area contributed by atoms with Gasteiger partial charge in [-0.3, -0.25) is 4.98 Å². The van der Waals surface area contributed by atoms with Crippen LogP contribution in [0.25, 0.3) is 11.4 Å². The van der Waals surface area contributed by atoms with Crippen LogP contribution in [0, 0.1) is 0 Å². The third-order valence-corrected chi connectivity index (χ3v) is 5.79. The van der Waals surface area contributed by atoms with Crippen molar-refractivity contribution in [1.82, 2.24) is 15.0 Å². The second kappa shape index (κ2) is 6.65. The molecule has 1 fully saturated rings. The molecule has 0 aromatic carbocycles. The largest absolute Gasteiger partial charge is 0.369 e. The summed E-state index contributed by atoms with van der Waals surface area (Å²) in [5, 5.41) is 3.54. The lowest BCUT2D eigenvalue weighted by Crippen LogP contribution is -2.40. The van der Waals surface area contributed by atoms with E-state index < -0.39 is 0 Å². The van der Waals surface area contributed by atoms with Crippen LogP contribution in [-0.2, 0) is 6.42 Å². The predicted octanol–water partition coefficient (Wildman–Crippen LogP) is 3.80. The van der Waals surface area contributed by atoms with Gasteiger partial charge in [0.05, 0.1) is 0 Å². The molecule has 2 aromatic rings. The molecule has 5 heteroatoms. The number of aromatic nitrogens is 3. The summed E-state index contributed by atoms with van der Waals surface area (Å²) in [6, 6.07) is 5.97. The van der Waals surface area contributed by atoms with E-state index in [2.05, 4.69) is 39.5 Å². The average molecular weight is 314 g/mol. The highest BCUT2D eigenvalue weighted by Crippen LogP contribution is 2.42. The number of nitrogens with zero attached hydrogens (tertiary/aromatic N) is 3. The Morgan fingerprint density at radius 2 is 2.00 bits per heavy atom. The average Bonchev–Trinajstić information content (AvgIpc) is 2.55. The van der Waals surface area contributed by atoms with E-state index in [1.165, 1.54) is 19.3 Å². The van der Waals surface area contributed by atoms with Crippen molar-refractivity contribution in [2.75, 3.05) is 18.1 Å². The van der Waals surface area contributed by atoms with Crippen molar-refractivity contribution in [3.05, 3.63) is 36.3 Å². The number of hydrogen-bond donors (Lipinski definition) is 1. The van der Waals surface area contributed by atoms with Gasteiger partial charge in [-0.2, -0.15) is 11.8 Å². The van der Waals surface area contributed by atoms with Gasteiger partial charge in [-0.1, -0.05) is 13.3 Å². The van der Waals surface area contributed by atoms with Gasteiger partial charge in [0.25, 0.3) is 0 Å². The molecule has 1 N–H and O–H groups in total. The molecule has 0 amide bonds. The van der Waals surface area contributed by atoms with E-state index in [1.54, 1.807) is 12.4 Å². The van der Waals surface area contributed by atoms with Gasteiger partial charge in [-0.05, 0) is 37.7 Å². The fourth-order valence-corrected chi connectivity index (χ4v) is 3.59. The molecule has 0 radical (unpaired) electrons. The maximum atomic E-state index is 4.69. The molecule has 2 aromatic heterocycles. The first kappa shape index (κ1) is 15.3. The van der Waals surface area contributed by atoms with Crippen LogP contribution < -0.4 is 5.32 Å². The Kier molecular flexibility index (Phi) is 4.62. The molecule has 1 aliphatic rings. The summed E-state index contributed by atoms with van der Waals surface area (Å²) < 4.78 is 0.397. The highest BCUT2D eigenvalue weighted by molar-refractivity contribution is 8.00. The van der Waals surface area contributed by atoms with Crippen molar-refractivity contribution in [2.45, 2.75) is 37.4 Å². The molecule has 22 heavy (non-hydrogen) atoms. The Bertz CT molecular complexity index is 620. The van der Waals surface area contributed by atoms with Gasteiger partial charge in [-0.25, -0.2) is 9.97 Å². The van der Waals surface area contributed by atoms with Crippen molar-refractivity contribution in [2.24, 2.45) is 0 Å². The van der Waals surface area contributed by atoms with Gasteiger partial charge < -0.3 is 5.32 Å². The molecule has 0 aliphatic heterocycles. The van der Waals surface area contributed by atoms with Gasteiger partial charge in [0.2, 0.25) is 0 Å². The zero-order valence-corrected chi connectivity index (χ0v) is 14.0. The molecule has 1 saturated carbocycles. The molecule has 1 aliphatic carbocycles. The molecule has 116 valence electrons. The number of anilines is 1. The normalized spacial score (nSPS) is 16.1. The molecule has 0 spiro atoms. The summed E-state index contributed by atoms with van der Waals surface area (Å²) >= 11 is 1.97. The molecule has 0 unspecified atom stereocenters. The molecule has 0 bridgehead atoms. The minimum atomic E-state index is 0.397. The van der Waals surface area contributed by atoms with E-state index in [0.717, 1.165) is 35.9 Å². The number of aryl methyl sites for hydroxylation is 1. The first-order valence-electron chi connectivity index (χ1n) is 7.82. The minimum Gasteiger partial charge on any atom is -0.369 e. The molecule has 0 atom stereocenters. The van der Waals surface area contributed by atoms with E-state index in [1.807, 2.05) is 23.9 Å². The quantitative estimate of drug-likeness (QED) is 0.879. The lowest BCUT2D eigenvalue weighted by Gasteiger charge is -2.40. The topological polar surface area (TPSA) is 50.7 Å². The Labute approximate surface area is 136 Å². The molecule has 0 saturated heterocycles. The highest BCUT2D eigenvalue weighted by atomic mass is 32.2. The van der Waals surface area contributed by atoms with Crippen LogP contribution in [0.1, 0.15) is 31.9 Å². The molecular formula is C17H22N4S. The smallest absolute Gasteiger partial charge is 0.161 e. The first-order chi connectivity index (χ1) is 10.7. The third kappa shape index (κ3) is 3.24. The van der Waals surface area contributed by atoms with Crippen molar-refractivity contribution in [1.29, 1.82) is 0 Å². The van der Waals surface area contributed by atoms with Gasteiger partial charge in [0.15, 0.2) is 5.82 Å². The summed E-state index contributed by atoms with van der Waals surface area (Å²) in [4.78, 5) is 13.4. The van der Waals surface area contributed by atoms with Crippen molar-refractivity contribution >= 4 is 17.6 Å². The number of hydrogen-bond acceptors (Lipinski definition) is 5. The fourth-order valence-electron chi connectivity index (χ4n) is 2.68. The van der Waals surface area contributed by atoms with Gasteiger partial charge >= 0.3 is 0 Å². The monoisotopic (exact) mass is 314 g/mol. The number of rotatable bonds is 6. The number of thioether (sulfide) groups is 1. The summed E-state index contributed by atoms with van der Waals surface area (Å²) in [5.74, 6) is 1.70. The third-order valence-electron chi connectivity index (χ3n) is 4.37. The maximum Gasteiger partial charge on any atom is 0.161 e. The zero-order chi connectivity index (χ0) is 15.4. The van der Waals surface area contributed by atoms with Crippen LogP contribution in [-0.4, -0.2) is 32.5 Å². The summed E-state index contributed by atoms with van der Waals surface area (Å²) in [6.45, 7) is 3.10. The fraction of sp³-hybridized carbons (Fsp3) is 0.471. The van der Waals surface area contributed by atoms with Crippen molar-refractivity contribution < 1.29 is 0 Å². The van der Waals surface area contributed by atoms with Crippen molar-refractivity contribution in [3.63, 3.8) is 0 Å². The zero-order valence-electron chi connectivity index (χ0n) is 13.2. The highest BCUT2D eigenvalue weighted by Gasteiger charge is 2.35. The molecule has 3 rings (SSSR count). The van der Waals surface area contributed by atoms with Crippen LogP contribution >= 0.6 is 11.8 Å². The molecular weight excluding hydrogens is 292 g/mol. The second-order valence-electron chi connectivity index (χ2n) is 5.75. The Morgan fingerprint density at radius 3 is 2.59 bits per heavy atom. The van der Waals surface area contributed by atoms with Crippen LogP contribution in [0.3, 0.4) is 0 Å². The standard InChI is InChI=1S/C17H22N4S/c1-3-14-11-15(19-12-17(22-2)7-4-8-17)21-16(20-14)13-5-9-18-10-6-13/h5-6,9-11H,3-4,7-8,12H2,1-2H3,(H,19,20,21). The number of pyridine rings is 1. The molecule has 2 heterocycles. The van der Waals surface area contributed by atoms with Crippen LogP contribution in [0.5, 0.6) is 0 Å². The van der Waals surface area contributed by atoms with Gasteiger partial charge in [0.1, 0.15) is 5.82 Å². The van der Waals surface area contributed by atoms with Crippen molar-refractivity contribution in [3.8, 4) is 11.4 Å². The van der Waals surface area contributed by atoms with E-state index in [9.17, 15) is 0 Å². The first-order valence-corrected chi connectivity index (χ1v) is 9.04. The van der Waals surface area contributed by atoms with Crippen LogP contribution in [0.4, 0.5) is 5.82 Å². The summed E-state index contributed by atoms with van der Waals surface area (Å²) in [7, 11) is 0. The maximum absolute atomic E-state index is 4.69. The SMILES string of the molecule is CCc1cc(NCC2(SC)CCC2)nc(-c2ccncc2)n1. The lowest BCUT2D eigenvalue weighted by molar-refractivity contribution is 0.379. The lowest BCUT2D eigenvalue weighted by atomic mass is 9.84. The van der Waals surface area contributed by atoms with E-state index in [0.29, 0.717) is 4.75 Å². The second-order valence-corrected chi connectivity index (χ2v) is 7.03. The van der Waals surface area contributed by atoms with E-state index >= 15 is 0 Å². The summed E-state index contributed by atoms with van der Waals surface area (Å²) in [5.41, 5.74) is 2.08. The predicted molar refractivity (Wildman–Crippen MR) is 93.2 cm³/mol. The molecule has 4 nitrogen and oxygen atoms in total. The van der Waals surface area contributed by atoms with Crippen LogP contribution in [0.2, 0.25) is 0 Å². The van der Waals surface area contributed by atoms with Gasteiger partial charge in [0, 0.05) is 41.0 Å². The minimum absolute atomic E-state index is 0.397. The van der Waals surface area contributed by atoms with E-state index in [-0.39, 0.29) is 0 Å². The van der Waals surface area contributed by atoms with E-state index in [4.69, 9.17) is 0 Å². The Balaban J connectivity index is 1.82. The number of nitrogens with one attached hydrogen (secondary N) is 1. The van der Waals surface area contributed by atoms with Crippen LogP contribution in [0.15, 0.2) is 30.6 Å². The van der Waals surface area contributed by atoms with Gasteiger partial charge in [-0.15, -0.1) is 0 Å². The summed E-state index contributed by atoms with van der Waals surface area (Å²) in [6.07, 6.45) is 10.6.